The number of carbonyl (C=O) groups is 1. The first-order valence-corrected chi connectivity index (χ1v) is 7.48. The molecule has 0 unspecified atom stereocenters. The molecule has 20 heavy (non-hydrogen) atoms. The van der Waals surface area contributed by atoms with Gasteiger partial charge in [-0.2, -0.15) is 0 Å². The molecule has 1 aliphatic heterocycles. The summed E-state index contributed by atoms with van der Waals surface area (Å²) in [6, 6.07) is 4.20. The lowest BCUT2D eigenvalue weighted by Crippen LogP contribution is -2.41. The number of anilines is 1. The van der Waals surface area contributed by atoms with Crippen LogP contribution in [0.15, 0.2) is 23.1 Å². The molecule has 0 spiro atoms. The molecule has 0 saturated heterocycles. The molecular formula is C12H18ClN3O3S. The lowest BCUT2D eigenvalue weighted by molar-refractivity contribution is -0.119. The summed E-state index contributed by atoms with van der Waals surface area (Å²) < 4.78 is 25.7. The van der Waals surface area contributed by atoms with Crippen molar-refractivity contribution in [1.29, 1.82) is 0 Å². The summed E-state index contributed by atoms with van der Waals surface area (Å²) in [7, 11) is -2.08. The maximum atomic E-state index is 11.9. The lowest BCUT2D eigenvalue weighted by Gasteiger charge is -2.19. The fourth-order valence-electron chi connectivity index (χ4n) is 2.14. The quantitative estimate of drug-likeness (QED) is 0.835. The normalized spacial score (nSPS) is 15.4. The Bertz CT molecular complexity index is 616. The van der Waals surface area contributed by atoms with Crippen LogP contribution in [0.4, 0.5) is 5.69 Å². The molecule has 1 aromatic carbocycles. The van der Waals surface area contributed by atoms with E-state index in [1.165, 1.54) is 13.1 Å². The standard InChI is InChI=1S/C12H17N3O3S.ClH/c1-8(13)12(16)15-6-5-9-7-10(3-4-11(9)15)19(17,18)14-2;/h3-4,7-8,14H,5-6,13H2,1-2H3;1H/t8-;/m0./s1. The second kappa shape index (κ2) is 6.09. The van der Waals surface area contributed by atoms with Crippen LogP contribution in [0.5, 0.6) is 0 Å². The average molecular weight is 320 g/mol. The highest BCUT2D eigenvalue weighted by molar-refractivity contribution is 7.89. The van der Waals surface area contributed by atoms with Crippen LogP contribution in [0.25, 0.3) is 0 Å². The van der Waals surface area contributed by atoms with Crippen molar-refractivity contribution in [3.8, 4) is 0 Å². The summed E-state index contributed by atoms with van der Waals surface area (Å²) >= 11 is 0. The van der Waals surface area contributed by atoms with Gasteiger partial charge in [-0.05, 0) is 44.2 Å². The van der Waals surface area contributed by atoms with Crippen molar-refractivity contribution in [2.24, 2.45) is 5.73 Å². The van der Waals surface area contributed by atoms with Crippen LogP contribution in [0.3, 0.4) is 0 Å². The molecule has 0 saturated carbocycles. The molecule has 0 radical (unpaired) electrons. The number of nitrogens with two attached hydrogens (primary N) is 1. The predicted octanol–water partition coefficient (Wildman–Crippen LogP) is 0.253. The van der Waals surface area contributed by atoms with E-state index in [0.717, 1.165) is 11.3 Å². The summed E-state index contributed by atoms with van der Waals surface area (Å²) in [4.78, 5) is 13.7. The molecule has 0 fully saturated rings. The molecule has 1 atom stereocenters. The van der Waals surface area contributed by atoms with E-state index in [2.05, 4.69) is 4.72 Å². The van der Waals surface area contributed by atoms with E-state index in [0.29, 0.717) is 13.0 Å². The highest BCUT2D eigenvalue weighted by atomic mass is 35.5. The first-order chi connectivity index (χ1) is 8.86. The zero-order valence-corrected chi connectivity index (χ0v) is 12.9. The van der Waals surface area contributed by atoms with Crippen molar-refractivity contribution in [2.45, 2.75) is 24.3 Å². The van der Waals surface area contributed by atoms with Crippen molar-refractivity contribution < 1.29 is 13.2 Å². The van der Waals surface area contributed by atoms with Gasteiger partial charge >= 0.3 is 0 Å². The van der Waals surface area contributed by atoms with Crippen LogP contribution in [0.2, 0.25) is 0 Å². The third kappa shape index (κ3) is 2.95. The number of nitrogens with zero attached hydrogens (tertiary/aromatic N) is 1. The minimum absolute atomic E-state index is 0. The molecule has 112 valence electrons. The van der Waals surface area contributed by atoms with Crippen LogP contribution in [-0.2, 0) is 21.2 Å². The predicted molar refractivity (Wildman–Crippen MR) is 79.6 cm³/mol. The van der Waals surface area contributed by atoms with Crippen molar-refractivity contribution in [3.63, 3.8) is 0 Å². The Balaban J connectivity index is 0.00000200. The lowest BCUT2D eigenvalue weighted by atomic mass is 10.2. The van der Waals surface area contributed by atoms with Crippen LogP contribution in [0, 0.1) is 0 Å². The Morgan fingerprint density at radius 2 is 2.10 bits per heavy atom. The molecule has 1 amide bonds. The molecule has 1 aliphatic rings. The van der Waals surface area contributed by atoms with Crippen molar-refractivity contribution in [1.82, 2.24) is 4.72 Å². The second-order valence-corrected chi connectivity index (χ2v) is 6.41. The monoisotopic (exact) mass is 319 g/mol. The average Bonchev–Trinajstić information content (AvgIpc) is 2.80. The minimum Gasteiger partial charge on any atom is -0.320 e. The number of amides is 1. The third-order valence-corrected chi connectivity index (χ3v) is 4.59. The topological polar surface area (TPSA) is 92.5 Å². The number of halogens is 1. The summed E-state index contributed by atoms with van der Waals surface area (Å²) in [5, 5.41) is 0. The van der Waals surface area contributed by atoms with Gasteiger partial charge in [0.05, 0.1) is 10.9 Å². The van der Waals surface area contributed by atoms with E-state index in [-0.39, 0.29) is 23.2 Å². The van der Waals surface area contributed by atoms with Crippen LogP contribution in [0.1, 0.15) is 12.5 Å². The van der Waals surface area contributed by atoms with Gasteiger partial charge in [-0.25, -0.2) is 13.1 Å². The van der Waals surface area contributed by atoms with E-state index >= 15 is 0 Å². The largest absolute Gasteiger partial charge is 0.320 e. The maximum absolute atomic E-state index is 11.9. The van der Waals surface area contributed by atoms with Crippen LogP contribution in [-0.4, -0.2) is 34.0 Å². The van der Waals surface area contributed by atoms with Gasteiger partial charge in [0.1, 0.15) is 0 Å². The molecule has 1 heterocycles. The number of hydrogen-bond donors (Lipinski definition) is 2. The molecule has 2 rings (SSSR count). The SMILES string of the molecule is CNS(=O)(=O)c1ccc2c(c1)CCN2C(=O)[C@H](C)N.Cl. The highest BCUT2D eigenvalue weighted by Gasteiger charge is 2.27. The highest BCUT2D eigenvalue weighted by Crippen LogP contribution is 2.30. The number of rotatable bonds is 3. The molecular weight excluding hydrogens is 302 g/mol. The first kappa shape index (κ1) is 16.9. The van der Waals surface area contributed by atoms with Gasteiger partial charge in [-0.15, -0.1) is 12.4 Å². The molecule has 6 nitrogen and oxygen atoms in total. The van der Waals surface area contributed by atoms with Gasteiger partial charge in [-0.3, -0.25) is 4.79 Å². The first-order valence-electron chi connectivity index (χ1n) is 6.00. The molecule has 0 bridgehead atoms. The smallest absolute Gasteiger partial charge is 0.243 e. The zero-order chi connectivity index (χ0) is 14.2. The number of nitrogens with one attached hydrogen (secondary N) is 1. The van der Waals surface area contributed by atoms with E-state index < -0.39 is 16.1 Å². The second-order valence-electron chi connectivity index (χ2n) is 4.53. The Morgan fingerprint density at radius 1 is 1.45 bits per heavy atom. The van der Waals surface area contributed by atoms with Crippen molar-refractivity contribution >= 4 is 34.0 Å². The van der Waals surface area contributed by atoms with Crippen molar-refractivity contribution in [2.75, 3.05) is 18.5 Å². The molecule has 0 aliphatic carbocycles. The van der Waals surface area contributed by atoms with Crippen LogP contribution < -0.4 is 15.4 Å². The fraction of sp³-hybridized carbons (Fsp3) is 0.417. The van der Waals surface area contributed by atoms with Gasteiger partial charge in [0.15, 0.2) is 0 Å². The van der Waals surface area contributed by atoms with E-state index in [1.807, 2.05) is 0 Å². The Hall–Kier alpha value is -1.15. The number of hydrogen-bond acceptors (Lipinski definition) is 4. The zero-order valence-electron chi connectivity index (χ0n) is 11.3. The Labute approximate surface area is 124 Å². The Kier molecular flexibility index (Phi) is 5.15. The molecule has 0 aromatic heterocycles. The summed E-state index contributed by atoms with van der Waals surface area (Å²) in [6.07, 6.45) is 0.640. The van der Waals surface area contributed by atoms with Gasteiger partial charge in [0.25, 0.3) is 0 Å². The van der Waals surface area contributed by atoms with E-state index in [4.69, 9.17) is 5.73 Å². The number of sulfonamides is 1. The molecule has 3 N–H and O–H groups in total. The summed E-state index contributed by atoms with van der Waals surface area (Å²) in [5.41, 5.74) is 7.20. The number of fused-ring (bicyclic) bond motifs is 1. The number of benzene rings is 1. The van der Waals surface area contributed by atoms with E-state index in [9.17, 15) is 13.2 Å². The van der Waals surface area contributed by atoms with E-state index in [1.54, 1.807) is 24.0 Å². The van der Waals surface area contributed by atoms with Gasteiger partial charge in [0.2, 0.25) is 15.9 Å². The fourth-order valence-corrected chi connectivity index (χ4v) is 2.92. The maximum Gasteiger partial charge on any atom is 0.243 e. The van der Waals surface area contributed by atoms with Crippen LogP contribution >= 0.6 is 12.4 Å². The third-order valence-electron chi connectivity index (χ3n) is 3.18. The van der Waals surface area contributed by atoms with Gasteiger partial charge < -0.3 is 10.6 Å². The molecule has 8 heteroatoms. The summed E-state index contributed by atoms with van der Waals surface area (Å²) in [6.45, 7) is 2.18. The number of carbonyl (C=O) groups excluding carboxylic acids is 1. The minimum atomic E-state index is -3.45. The van der Waals surface area contributed by atoms with Crippen molar-refractivity contribution in [3.05, 3.63) is 23.8 Å². The Morgan fingerprint density at radius 3 is 2.65 bits per heavy atom. The van der Waals surface area contributed by atoms with Gasteiger partial charge in [-0.1, -0.05) is 0 Å². The van der Waals surface area contributed by atoms with Gasteiger partial charge in [0, 0.05) is 12.2 Å². The summed E-state index contributed by atoms with van der Waals surface area (Å²) in [5.74, 6) is -0.150. The molecule has 1 aromatic rings.